The van der Waals surface area contributed by atoms with Gasteiger partial charge in [0, 0.05) is 30.8 Å². The lowest BCUT2D eigenvalue weighted by molar-refractivity contribution is 0.170. The van der Waals surface area contributed by atoms with Gasteiger partial charge in [-0.3, -0.25) is 0 Å². The molecular weight excluding hydrogens is 194 g/mol. The third-order valence-corrected chi connectivity index (χ3v) is 1.99. The molecule has 0 unspecified atom stereocenters. The molecular formula is C10H17N3O2. The van der Waals surface area contributed by atoms with Gasteiger partial charge in [0.05, 0.1) is 7.11 Å². The highest BCUT2D eigenvalue weighted by Crippen LogP contribution is 2.14. The quantitative estimate of drug-likeness (QED) is 0.758. The number of aliphatic hydroxyl groups is 1. The number of aliphatic hydroxyl groups excluding tert-OH is 1. The lowest BCUT2D eigenvalue weighted by atomic mass is 9.95. The minimum atomic E-state index is -0.188. The Balaban J connectivity index is 2.57. The monoisotopic (exact) mass is 211 g/mol. The number of ether oxygens (including phenoxy) is 1. The highest BCUT2D eigenvalue weighted by atomic mass is 16.5. The van der Waals surface area contributed by atoms with Crippen LogP contribution in [0.2, 0.25) is 0 Å². The smallest absolute Gasteiger partial charge is 0.225 e. The molecule has 0 radical (unpaired) electrons. The van der Waals surface area contributed by atoms with Crippen molar-refractivity contribution in [3.63, 3.8) is 0 Å². The summed E-state index contributed by atoms with van der Waals surface area (Å²) < 4.78 is 4.97. The highest BCUT2D eigenvalue weighted by Gasteiger charge is 2.16. The van der Waals surface area contributed by atoms with Crippen LogP contribution < -0.4 is 10.1 Å². The van der Waals surface area contributed by atoms with Crippen LogP contribution in [0, 0.1) is 5.41 Å². The molecule has 2 N–H and O–H groups in total. The van der Waals surface area contributed by atoms with Crippen LogP contribution in [0.4, 0.5) is 5.95 Å². The zero-order valence-corrected chi connectivity index (χ0v) is 9.32. The van der Waals surface area contributed by atoms with Gasteiger partial charge in [-0.1, -0.05) is 13.8 Å². The summed E-state index contributed by atoms with van der Waals surface area (Å²) in [6.07, 6.45) is 1.63. The summed E-state index contributed by atoms with van der Waals surface area (Å²) in [4.78, 5) is 8.14. The maximum Gasteiger partial charge on any atom is 0.225 e. The van der Waals surface area contributed by atoms with Crippen molar-refractivity contribution in [2.24, 2.45) is 5.41 Å². The second kappa shape index (κ2) is 4.93. The Bertz CT molecular complexity index is 315. The van der Waals surface area contributed by atoms with Crippen LogP contribution >= 0.6 is 0 Å². The second-order valence-electron chi connectivity index (χ2n) is 4.10. The van der Waals surface area contributed by atoms with Gasteiger partial charge in [-0.25, -0.2) is 4.98 Å². The number of anilines is 1. The standard InChI is InChI=1S/C10H17N3O2/c1-10(2,7-14)6-12-9-11-5-4-8(13-9)15-3/h4-5,14H,6-7H2,1-3H3,(H,11,12,13). The van der Waals surface area contributed by atoms with Crippen LogP contribution in [-0.2, 0) is 0 Å². The van der Waals surface area contributed by atoms with E-state index in [9.17, 15) is 0 Å². The molecule has 1 rings (SSSR count). The third kappa shape index (κ3) is 3.71. The zero-order chi connectivity index (χ0) is 11.3. The first-order chi connectivity index (χ1) is 7.07. The first-order valence-electron chi connectivity index (χ1n) is 4.79. The molecule has 15 heavy (non-hydrogen) atoms. The van der Waals surface area contributed by atoms with Crippen LogP contribution in [0.25, 0.3) is 0 Å². The first-order valence-corrected chi connectivity index (χ1v) is 4.79. The third-order valence-electron chi connectivity index (χ3n) is 1.99. The van der Waals surface area contributed by atoms with E-state index < -0.39 is 0 Å². The van der Waals surface area contributed by atoms with Gasteiger partial charge in [0.15, 0.2) is 0 Å². The lowest BCUT2D eigenvalue weighted by Gasteiger charge is -2.21. The number of hydrogen-bond acceptors (Lipinski definition) is 5. The fourth-order valence-electron chi connectivity index (χ4n) is 0.915. The summed E-state index contributed by atoms with van der Waals surface area (Å²) in [5.41, 5.74) is -0.188. The Morgan fingerprint density at radius 1 is 1.53 bits per heavy atom. The number of nitrogens with zero attached hydrogens (tertiary/aromatic N) is 2. The molecule has 84 valence electrons. The van der Waals surface area contributed by atoms with E-state index >= 15 is 0 Å². The van der Waals surface area contributed by atoms with Crippen molar-refractivity contribution in [2.75, 3.05) is 25.6 Å². The molecule has 1 aromatic rings. The van der Waals surface area contributed by atoms with Gasteiger partial charge in [0.1, 0.15) is 0 Å². The predicted octanol–water partition coefficient (Wildman–Crippen LogP) is 0.916. The van der Waals surface area contributed by atoms with Crippen molar-refractivity contribution in [3.8, 4) is 5.88 Å². The maximum absolute atomic E-state index is 9.07. The summed E-state index contributed by atoms with van der Waals surface area (Å²) >= 11 is 0. The van der Waals surface area contributed by atoms with E-state index in [0.717, 1.165) is 0 Å². The lowest BCUT2D eigenvalue weighted by Crippen LogP contribution is -2.27. The molecule has 1 heterocycles. The topological polar surface area (TPSA) is 67.3 Å². The van der Waals surface area contributed by atoms with Gasteiger partial charge in [-0.2, -0.15) is 4.98 Å². The van der Waals surface area contributed by atoms with Crippen molar-refractivity contribution >= 4 is 5.95 Å². The van der Waals surface area contributed by atoms with Crippen molar-refractivity contribution in [1.29, 1.82) is 0 Å². The highest BCUT2D eigenvalue weighted by molar-refractivity contribution is 5.27. The van der Waals surface area contributed by atoms with Gasteiger partial charge in [-0.05, 0) is 0 Å². The maximum atomic E-state index is 9.07. The molecule has 0 saturated heterocycles. The SMILES string of the molecule is COc1ccnc(NCC(C)(C)CO)n1. The van der Waals surface area contributed by atoms with E-state index in [1.807, 2.05) is 13.8 Å². The summed E-state index contributed by atoms with van der Waals surface area (Å²) in [5.74, 6) is 1.03. The Morgan fingerprint density at radius 2 is 2.27 bits per heavy atom. The van der Waals surface area contributed by atoms with E-state index in [1.165, 1.54) is 0 Å². The summed E-state index contributed by atoms with van der Waals surface area (Å²) in [5, 5.41) is 12.1. The summed E-state index contributed by atoms with van der Waals surface area (Å²) in [6, 6.07) is 1.68. The molecule has 0 aliphatic rings. The van der Waals surface area contributed by atoms with E-state index in [-0.39, 0.29) is 12.0 Å². The number of aromatic nitrogens is 2. The predicted molar refractivity (Wildman–Crippen MR) is 57.9 cm³/mol. The van der Waals surface area contributed by atoms with Crippen LogP contribution in [0.1, 0.15) is 13.8 Å². The minimum Gasteiger partial charge on any atom is -0.481 e. The molecule has 5 heteroatoms. The fraction of sp³-hybridized carbons (Fsp3) is 0.600. The molecule has 0 aliphatic heterocycles. The van der Waals surface area contributed by atoms with E-state index in [2.05, 4.69) is 15.3 Å². The Labute approximate surface area is 89.5 Å². The number of methoxy groups -OCH3 is 1. The molecule has 0 fully saturated rings. The molecule has 5 nitrogen and oxygen atoms in total. The van der Waals surface area contributed by atoms with Gasteiger partial charge in [-0.15, -0.1) is 0 Å². The molecule has 0 spiro atoms. The van der Waals surface area contributed by atoms with Crippen molar-refractivity contribution < 1.29 is 9.84 Å². The van der Waals surface area contributed by atoms with Gasteiger partial charge < -0.3 is 15.2 Å². The number of rotatable bonds is 5. The molecule has 0 amide bonds. The van der Waals surface area contributed by atoms with Gasteiger partial charge in [0.2, 0.25) is 11.8 Å². The average molecular weight is 211 g/mol. The van der Waals surface area contributed by atoms with Crippen LogP contribution in [-0.4, -0.2) is 35.3 Å². The Morgan fingerprint density at radius 3 is 2.87 bits per heavy atom. The van der Waals surface area contributed by atoms with Crippen LogP contribution in [0.15, 0.2) is 12.3 Å². The molecule has 1 aromatic heterocycles. The molecule has 0 bridgehead atoms. The summed E-state index contributed by atoms with van der Waals surface area (Å²) in [7, 11) is 1.56. The largest absolute Gasteiger partial charge is 0.481 e. The van der Waals surface area contributed by atoms with E-state index in [0.29, 0.717) is 18.4 Å². The van der Waals surface area contributed by atoms with Crippen LogP contribution in [0.3, 0.4) is 0 Å². The Hall–Kier alpha value is -1.36. The van der Waals surface area contributed by atoms with E-state index in [4.69, 9.17) is 9.84 Å². The minimum absolute atomic E-state index is 0.115. The summed E-state index contributed by atoms with van der Waals surface area (Å²) in [6.45, 7) is 4.64. The van der Waals surface area contributed by atoms with Crippen molar-refractivity contribution in [3.05, 3.63) is 12.3 Å². The second-order valence-corrected chi connectivity index (χ2v) is 4.10. The molecule has 0 saturated carbocycles. The number of hydrogen-bond donors (Lipinski definition) is 2. The molecule has 0 aliphatic carbocycles. The molecule has 0 atom stereocenters. The normalized spacial score (nSPS) is 11.2. The fourth-order valence-corrected chi connectivity index (χ4v) is 0.915. The number of nitrogens with one attached hydrogen (secondary N) is 1. The van der Waals surface area contributed by atoms with Gasteiger partial charge in [0.25, 0.3) is 0 Å². The first kappa shape index (κ1) is 11.7. The molecule has 0 aromatic carbocycles. The van der Waals surface area contributed by atoms with Crippen LogP contribution in [0.5, 0.6) is 5.88 Å². The van der Waals surface area contributed by atoms with Crippen molar-refractivity contribution in [2.45, 2.75) is 13.8 Å². The Kier molecular flexibility index (Phi) is 3.85. The average Bonchev–Trinajstić information content (AvgIpc) is 2.27. The van der Waals surface area contributed by atoms with Crippen molar-refractivity contribution in [1.82, 2.24) is 9.97 Å². The van der Waals surface area contributed by atoms with E-state index in [1.54, 1.807) is 19.4 Å². The zero-order valence-electron chi connectivity index (χ0n) is 9.32. The van der Waals surface area contributed by atoms with Gasteiger partial charge >= 0.3 is 0 Å².